The van der Waals surface area contributed by atoms with E-state index in [1.807, 2.05) is 0 Å². The summed E-state index contributed by atoms with van der Waals surface area (Å²) in [7, 11) is -3.23. The Bertz CT molecular complexity index is 655. The van der Waals surface area contributed by atoms with Crippen molar-refractivity contribution in [1.29, 1.82) is 0 Å². The average Bonchev–Trinajstić information content (AvgIpc) is 2.43. The Morgan fingerprint density at radius 2 is 2.09 bits per heavy atom. The topological polar surface area (TPSA) is 98.5 Å². The minimum atomic E-state index is -3.23. The zero-order valence-corrected chi connectivity index (χ0v) is 13.8. The highest BCUT2D eigenvalue weighted by atomic mass is 35.5. The molecule has 1 aromatic carbocycles. The third kappa shape index (κ3) is 7.58. The molecule has 10 heteroatoms. The van der Waals surface area contributed by atoms with E-state index in [2.05, 4.69) is 10.1 Å². The Morgan fingerprint density at radius 3 is 2.65 bits per heavy atom. The maximum absolute atomic E-state index is 12.3. The van der Waals surface area contributed by atoms with Gasteiger partial charge in [-0.05, 0) is 24.6 Å². The fraction of sp³-hybridized carbons (Fsp3) is 0.462. The van der Waals surface area contributed by atoms with E-state index in [-0.39, 0.29) is 35.1 Å². The van der Waals surface area contributed by atoms with Crippen LogP contribution in [0.25, 0.3) is 0 Å². The zero-order valence-electron chi connectivity index (χ0n) is 12.3. The number of benzene rings is 1. The first kappa shape index (κ1) is 19.6. The standard InChI is InChI=1S/C13H17ClF2N2O4S/c1-23(20,21)5-4-10(17)12(19)18-7-8-6-9(14)2-3-11(8)22-13(15)16/h2-3,6,10,13H,4-5,7,17H2,1H3,(H,18,19). The highest BCUT2D eigenvalue weighted by Crippen LogP contribution is 2.24. The second-order valence-corrected chi connectivity index (χ2v) is 7.57. The van der Waals surface area contributed by atoms with Crippen LogP contribution in [-0.4, -0.2) is 39.0 Å². The van der Waals surface area contributed by atoms with E-state index in [9.17, 15) is 22.0 Å². The third-order valence-electron chi connectivity index (χ3n) is 2.83. The van der Waals surface area contributed by atoms with E-state index in [1.54, 1.807) is 0 Å². The van der Waals surface area contributed by atoms with Gasteiger partial charge in [0, 0.05) is 23.4 Å². The lowest BCUT2D eigenvalue weighted by molar-refractivity contribution is -0.122. The number of nitrogens with two attached hydrogens (primary N) is 1. The summed E-state index contributed by atoms with van der Waals surface area (Å²) in [6.07, 6.45) is 0.998. The molecule has 0 spiro atoms. The maximum Gasteiger partial charge on any atom is 0.387 e. The molecule has 1 aromatic rings. The van der Waals surface area contributed by atoms with Gasteiger partial charge in [0.1, 0.15) is 15.6 Å². The van der Waals surface area contributed by atoms with Gasteiger partial charge in [-0.25, -0.2) is 8.42 Å². The van der Waals surface area contributed by atoms with E-state index in [1.165, 1.54) is 18.2 Å². The number of hydrogen-bond donors (Lipinski definition) is 2. The van der Waals surface area contributed by atoms with Crippen LogP contribution in [0.15, 0.2) is 18.2 Å². The van der Waals surface area contributed by atoms with Crippen LogP contribution in [0, 0.1) is 0 Å². The molecule has 0 saturated carbocycles. The molecule has 0 bridgehead atoms. The summed E-state index contributed by atoms with van der Waals surface area (Å²) >= 11 is 5.78. The van der Waals surface area contributed by atoms with E-state index < -0.39 is 28.4 Å². The molecule has 1 amide bonds. The minimum Gasteiger partial charge on any atom is -0.434 e. The number of nitrogens with one attached hydrogen (secondary N) is 1. The quantitative estimate of drug-likeness (QED) is 0.719. The zero-order chi connectivity index (χ0) is 17.6. The Labute approximate surface area is 137 Å². The van der Waals surface area contributed by atoms with Gasteiger partial charge in [0.25, 0.3) is 0 Å². The number of hydrogen-bond acceptors (Lipinski definition) is 5. The molecule has 1 rings (SSSR count). The van der Waals surface area contributed by atoms with Crippen LogP contribution in [0.4, 0.5) is 8.78 Å². The molecule has 0 radical (unpaired) electrons. The Hall–Kier alpha value is -1.45. The van der Waals surface area contributed by atoms with Gasteiger partial charge in [0.05, 0.1) is 11.8 Å². The van der Waals surface area contributed by atoms with Crippen molar-refractivity contribution in [2.45, 2.75) is 25.6 Å². The van der Waals surface area contributed by atoms with Crippen LogP contribution in [0.1, 0.15) is 12.0 Å². The second-order valence-electron chi connectivity index (χ2n) is 4.87. The van der Waals surface area contributed by atoms with Gasteiger partial charge in [-0.3, -0.25) is 4.79 Å². The van der Waals surface area contributed by atoms with Crippen molar-refractivity contribution in [3.8, 4) is 5.75 Å². The van der Waals surface area contributed by atoms with E-state index in [0.29, 0.717) is 0 Å². The Balaban J connectivity index is 2.66. The summed E-state index contributed by atoms with van der Waals surface area (Å²) in [5, 5.41) is 2.72. The molecule has 1 unspecified atom stereocenters. The summed E-state index contributed by atoms with van der Waals surface area (Å²) in [5.41, 5.74) is 5.83. The first-order valence-electron chi connectivity index (χ1n) is 6.53. The number of halogens is 3. The Morgan fingerprint density at radius 1 is 1.43 bits per heavy atom. The molecular weight excluding hydrogens is 354 g/mol. The number of carbonyl (C=O) groups excluding carboxylic acids is 1. The lowest BCUT2D eigenvalue weighted by Gasteiger charge is -2.14. The molecule has 3 N–H and O–H groups in total. The number of carbonyl (C=O) groups is 1. The predicted octanol–water partition coefficient (Wildman–Crippen LogP) is 1.32. The SMILES string of the molecule is CS(=O)(=O)CCC(N)C(=O)NCc1cc(Cl)ccc1OC(F)F. The van der Waals surface area contributed by atoms with Crippen molar-refractivity contribution in [3.63, 3.8) is 0 Å². The molecule has 0 aliphatic carbocycles. The van der Waals surface area contributed by atoms with Gasteiger partial charge in [-0.15, -0.1) is 0 Å². The molecule has 23 heavy (non-hydrogen) atoms. The first-order valence-corrected chi connectivity index (χ1v) is 8.96. The number of alkyl halides is 2. The van der Waals surface area contributed by atoms with Gasteiger partial charge in [0.15, 0.2) is 0 Å². The van der Waals surface area contributed by atoms with Gasteiger partial charge >= 0.3 is 6.61 Å². The summed E-state index contributed by atoms with van der Waals surface area (Å²) < 4.78 is 51.0. The summed E-state index contributed by atoms with van der Waals surface area (Å²) in [5.74, 6) is -0.940. The minimum absolute atomic E-state index is 0.0411. The molecule has 6 nitrogen and oxygen atoms in total. The van der Waals surface area contributed by atoms with Crippen molar-refractivity contribution in [2.75, 3.05) is 12.0 Å². The van der Waals surface area contributed by atoms with E-state index in [4.69, 9.17) is 17.3 Å². The molecule has 1 atom stereocenters. The number of ether oxygens (including phenoxy) is 1. The fourth-order valence-corrected chi connectivity index (χ4v) is 2.56. The first-order chi connectivity index (χ1) is 10.6. The molecule has 0 saturated heterocycles. The lowest BCUT2D eigenvalue weighted by atomic mass is 10.2. The van der Waals surface area contributed by atoms with Gasteiger partial charge in [-0.1, -0.05) is 11.6 Å². The highest BCUT2D eigenvalue weighted by molar-refractivity contribution is 7.90. The van der Waals surface area contributed by atoms with Gasteiger partial charge in [0.2, 0.25) is 5.91 Å². The molecule has 0 aliphatic heterocycles. The van der Waals surface area contributed by atoms with E-state index in [0.717, 1.165) is 6.26 Å². The van der Waals surface area contributed by atoms with Crippen LogP contribution < -0.4 is 15.8 Å². The molecule has 0 heterocycles. The molecule has 0 fully saturated rings. The van der Waals surface area contributed by atoms with Crippen LogP contribution >= 0.6 is 11.6 Å². The Kier molecular flexibility index (Phi) is 7.17. The number of sulfone groups is 1. The molecule has 0 aliphatic rings. The molecular formula is C13H17ClF2N2O4S. The van der Waals surface area contributed by atoms with Crippen LogP contribution in [0.2, 0.25) is 5.02 Å². The van der Waals surface area contributed by atoms with Gasteiger partial charge in [-0.2, -0.15) is 8.78 Å². The average molecular weight is 371 g/mol. The predicted molar refractivity (Wildman–Crippen MR) is 82.2 cm³/mol. The normalized spacial score (nSPS) is 13.0. The van der Waals surface area contributed by atoms with Crippen LogP contribution in [0.3, 0.4) is 0 Å². The van der Waals surface area contributed by atoms with Crippen molar-refractivity contribution in [3.05, 3.63) is 28.8 Å². The summed E-state index contributed by atoms with van der Waals surface area (Å²) in [6, 6.07) is 2.99. The van der Waals surface area contributed by atoms with E-state index >= 15 is 0 Å². The monoisotopic (exact) mass is 370 g/mol. The third-order valence-corrected chi connectivity index (χ3v) is 4.04. The number of amides is 1. The fourth-order valence-electron chi connectivity index (χ4n) is 1.68. The highest BCUT2D eigenvalue weighted by Gasteiger charge is 2.17. The smallest absolute Gasteiger partial charge is 0.387 e. The summed E-state index contributed by atoms with van der Waals surface area (Å²) in [6.45, 7) is -3.14. The molecule has 0 aromatic heterocycles. The van der Waals surface area contributed by atoms with Crippen molar-refractivity contribution >= 4 is 27.3 Å². The van der Waals surface area contributed by atoms with Gasteiger partial charge < -0.3 is 15.8 Å². The maximum atomic E-state index is 12.3. The lowest BCUT2D eigenvalue weighted by Crippen LogP contribution is -2.41. The van der Waals surface area contributed by atoms with Crippen molar-refractivity contribution in [1.82, 2.24) is 5.32 Å². The molecule has 130 valence electrons. The van der Waals surface area contributed by atoms with Crippen molar-refractivity contribution < 1.29 is 26.7 Å². The number of rotatable bonds is 8. The largest absolute Gasteiger partial charge is 0.434 e. The van der Waals surface area contributed by atoms with Crippen molar-refractivity contribution in [2.24, 2.45) is 5.73 Å². The summed E-state index contributed by atoms with van der Waals surface area (Å²) in [4.78, 5) is 11.8. The van der Waals surface area contributed by atoms with Crippen LogP contribution in [-0.2, 0) is 21.2 Å². The second kappa shape index (κ2) is 8.42. The van der Waals surface area contributed by atoms with Crippen LogP contribution in [0.5, 0.6) is 5.75 Å².